The van der Waals surface area contributed by atoms with Crippen molar-refractivity contribution >= 4 is 5.69 Å². The number of rotatable bonds is 7. The maximum atomic E-state index is 13.0. The smallest absolute Gasteiger partial charge is 0.394 e. The highest BCUT2D eigenvalue weighted by Gasteiger charge is 2.23. The summed E-state index contributed by atoms with van der Waals surface area (Å²) in [6.45, 7) is 7.23. The molecule has 5 rings (SSSR count). The summed E-state index contributed by atoms with van der Waals surface area (Å²) in [5, 5.41) is 8.56. The predicted octanol–water partition coefficient (Wildman–Crippen LogP) is 4.10. The minimum Gasteiger partial charge on any atom is -0.433 e. The summed E-state index contributed by atoms with van der Waals surface area (Å²) in [5.41, 5.74) is 2.92. The van der Waals surface area contributed by atoms with Gasteiger partial charge in [0.25, 0.3) is 5.89 Å². The first-order chi connectivity index (χ1) is 17.2. The van der Waals surface area contributed by atoms with Crippen molar-refractivity contribution in [3.05, 3.63) is 59.9 Å². The van der Waals surface area contributed by atoms with Crippen LogP contribution >= 0.6 is 0 Å². The van der Waals surface area contributed by atoms with E-state index in [1.54, 1.807) is 16.8 Å². The molecular weight excluding hydrogens is 468 g/mol. The van der Waals surface area contributed by atoms with E-state index in [1.165, 1.54) is 17.8 Å². The molecule has 9 nitrogen and oxygen atoms in total. The highest BCUT2D eigenvalue weighted by molar-refractivity contribution is 5.58. The first-order valence-electron chi connectivity index (χ1n) is 11.7. The van der Waals surface area contributed by atoms with Crippen molar-refractivity contribution in [3.63, 3.8) is 0 Å². The Balaban J connectivity index is 1.29. The van der Waals surface area contributed by atoms with Gasteiger partial charge in [0, 0.05) is 44.4 Å². The molecule has 0 N–H and O–H groups in total. The normalized spacial score (nSPS) is 14.9. The van der Waals surface area contributed by atoms with Gasteiger partial charge in [-0.2, -0.15) is 13.8 Å². The van der Waals surface area contributed by atoms with E-state index in [9.17, 15) is 8.78 Å². The molecule has 1 aliphatic rings. The number of anilines is 1. The second-order valence-electron chi connectivity index (χ2n) is 8.96. The number of alkyl halides is 2. The summed E-state index contributed by atoms with van der Waals surface area (Å²) in [6.07, 6.45) is -3.25. The average molecular weight is 496 g/mol. The molecule has 1 aliphatic heterocycles. The second-order valence-corrected chi connectivity index (χ2v) is 8.96. The van der Waals surface area contributed by atoms with Crippen LogP contribution in [0, 0.1) is 6.92 Å². The molecular formula is C25H27F2N7O2. The number of ether oxygens (including phenoxy) is 1. The Morgan fingerprint density at radius 1 is 1.00 bits per heavy atom. The molecule has 1 fully saturated rings. The van der Waals surface area contributed by atoms with Crippen LogP contribution in [0.25, 0.3) is 23.1 Å². The highest BCUT2D eigenvalue weighted by Crippen LogP contribution is 2.26. The maximum Gasteiger partial charge on any atom is 0.394 e. The quantitative estimate of drug-likeness (QED) is 0.379. The predicted molar refractivity (Wildman–Crippen MR) is 130 cm³/mol. The Bertz CT molecular complexity index is 1320. The fraction of sp³-hybridized carbons (Fsp3) is 0.360. The molecule has 0 saturated carbocycles. The summed E-state index contributed by atoms with van der Waals surface area (Å²) >= 11 is 0. The lowest BCUT2D eigenvalue weighted by atomic mass is 10.1. The van der Waals surface area contributed by atoms with Crippen LogP contribution in [0.3, 0.4) is 0 Å². The minimum absolute atomic E-state index is 0.0442. The average Bonchev–Trinajstić information content (AvgIpc) is 3.47. The van der Waals surface area contributed by atoms with Crippen molar-refractivity contribution in [2.24, 2.45) is 0 Å². The maximum absolute atomic E-state index is 13.0. The van der Waals surface area contributed by atoms with Gasteiger partial charge in [0.15, 0.2) is 0 Å². The van der Waals surface area contributed by atoms with Gasteiger partial charge in [0.1, 0.15) is 11.6 Å². The molecule has 0 aliphatic carbocycles. The van der Waals surface area contributed by atoms with E-state index in [-0.39, 0.29) is 11.6 Å². The monoisotopic (exact) mass is 495 g/mol. The SMILES string of the molecule is Cc1nc(-c2nc(-c3ccc(OC(C)(F)F)cc3)no2)nn1Cc1cccc(N2CCN(C)CC2)c1. The number of hydrogen-bond donors (Lipinski definition) is 0. The molecule has 0 amide bonds. The van der Waals surface area contributed by atoms with Crippen molar-refractivity contribution in [1.29, 1.82) is 0 Å². The van der Waals surface area contributed by atoms with Crippen LogP contribution < -0.4 is 9.64 Å². The summed E-state index contributed by atoms with van der Waals surface area (Å²) < 4.78 is 37.8. The molecule has 11 heteroatoms. The van der Waals surface area contributed by atoms with Gasteiger partial charge < -0.3 is 19.1 Å². The fourth-order valence-corrected chi connectivity index (χ4v) is 4.06. The molecule has 0 radical (unpaired) electrons. The highest BCUT2D eigenvalue weighted by atomic mass is 19.3. The number of aromatic nitrogens is 5. The summed E-state index contributed by atoms with van der Waals surface area (Å²) in [5.74, 6) is 1.57. The third-order valence-corrected chi connectivity index (χ3v) is 5.99. The van der Waals surface area contributed by atoms with Crippen LogP contribution in [0.1, 0.15) is 18.3 Å². The standard InChI is InChI=1S/C25H27F2N7O2/c1-17-28-23(24-29-22(31-36-24)19-7-9-21(10-8-19)35-25(2,26)27)30-34(17)16-18-5-4-6-20(15-18)33-13-11-32(3)12-14-33/h4-10,15H,11-14,16H2,1-3H3. The van der Waals surface area contributed by atoms with Crippen molar-refractivity contribution < 1.29 is 18.0 Å². The molecule has 3 heterocycles. The number of piperazine rings is 1. The van der Waals surface area contributed by atoms with Crippen LogP contribution in [0.4, 0.5) is 14.5 Å². The first kappa shape index (κ1) is 23.9. The van der Waals surface area contributed by atoms with E-state index in [1.807, 2.05) is 6.92 Å². The van der Waals surface area contributed by atoms with Crippen LogP contribution in [0.5, 0.6) is 5.75 Å². The van der Waals surface area contributed by atoms with E-state index < -0.39 is 6.11 Å². The van der Waals surface area contributed by atoms with Crippen molar-refractivity contribution in [3.8, 4) is 28.9 Å². The number of halogens is 2. The van der Waals surface area contributed by atoms with Gasteiger partial charge in [-0.3, -0.25) is 0 Å². The van der Waals surface area contributed by atoms with Gasteiger partial charge in [-0.15, -0.1) is 5.10 Å². The number of nitrogens with zero attached hydrogens (tertiary/aromatic N) is 7. The molecule has 1 saturated heterocycles. The van der Waals surface area contributed by atoms with Gasteiger partial charge in [0.05, 0.1) is 6.54 Å². The zero-order chi connectivity index (χ0) is 25.3. The molecule has 36 heavy (non-hydrogen) atoms. The van der Waals surface area contributed by atoms with E-state index in [2.05, 4.69) is 66.1 Å². The Morgan fingerprint density at radius 2 is 1.75 bits per heavy atom. The molecule has 0 bridgehead atoms. The van der Waals surface area contributed by atoms with Gasteiger partial charge in [-0.1, -0.05) is 17.3 Å². The largest absolute Gasteiger partial charge is 0.433 e. The van der Waals surface area contributed by atoms with E-state index in [0.29, 0.717) is 30.7 Å². The van der Waals surface area contributed by atoms with Crippen LogP contribution in [0.15, 0.2) is 53.1 Å². The van der Waals surface area contributed by atoms with Gasteiger partial charge in [0.2, 0.25) is 11.6 Å². The summed E-state index contributed by atoms with van der Waals surface area (Å²) in [7, 11) is 2.15. The topological polar surface area (TPSA) is 85.3 Å². The fourth-order valence-electron chi connectivity index (χ4n) is 4.06. The number of benzene rings is 2. The molecule has 0 atom stereocenters. The molecule has 0 spiro atoms. The lowest BCUT2D eigenvalue weighted by Gasteiger charge is -2.34. The van der Waals surface area contributed by atoms with Crippen LogP contribution in [-0.4, -0.2) is 69.1 Å². The lowest BCUT2D eigenvalue weighted by Crippen LogP contribution is -2.44. The van der Waals surface area contributed by atoms with Gasteiger partial charge in [-0.25, -0.2) is 9.67 Å². The molecule has 4 aromatic rings. The Hall–Kier alpha value is -3.86. The van der Waals surface area contributed by atoms with Crippen molar-refractivity contribution in [1.82, 2.24) is 29.8 Å². The first-order valence-corrected chi connectivity index (χ1v) is 11.7. The number of aryl methyl sites for hydroxylation is 1. The lowest BCUT2D eigenvalue weighted by molar-refractivity contribution is -0.158. The van der Waals surface area contributed by atoms with E-state index in [0.717, 1.165) is 37.6 Å². The second kappa shape index (κ2) is 9.65. The molecule has 2 aromatic carbocycles. The summed E-state index contributed by atoms with van der Waals surface area (Å²) in [6, 6.07) is 14.5. The Morgan fingerprint density at radius 3 is 2.47 bits per heavy atom. The van der Waals surface area contributed by atoms with E-state index in [4.69, 9.17) is 4.52 Å². The molecule has 0 unspecified atom stereocenters. The van der Waals surface area contributed by atoms with Crippen molar-refractivity contribution in [2.45, 2.75) is 26.5 Å². The van der Waals surface area contributed by atoms with Crippen LogP contribution in [0.2, 0.25) is 0 Å². The number of likely N-dealkylation sites (N-methyl/N-ethyl adjacent to an activating group) is 1. The third kappa shape index (κ3) is 5.51. The zero-order valence-corrected chi connectivity index (χ0v) is 20.4. The van der Waals surface area contributed by atoms with Crippen molar-refractivity contribution in [2.75, 3.05) is 38.1 Å². The Kier molecular flexibility index (Phi) is 6.40. The Labute approximate surface area is 207 Å². The van der Waals surface area contributed by atoms with E-state index >= 15 is 0 Å². The molecule has 2 aromatic heterocycles. The third-order valence-electron chi connectivity index (χ3n) is 5.99. The zero-order valence-electron chi connectivity index (χ0n) is 20.4. The minimum atomic E-state index is -3.25. The molecule has 188 valence electrons. The number of hydrogen-bond acceptors (Lipinski definition) is 8. The van der Waals surface area contributed by atoms with Gasteiger partial charge in [-0.05, 0) is 55.9 Å². The summed E-state index contributed by atoms with van der Waals surface area (Å²) in [4.78, 5) is 13.6. The van der Waals surface area contributed by atoms with Gasteiger partial charge >= 0.3 is 6.11 Å². The van der Waals surface area contributed by atoms with Crippen LogP contribution in [-0.2, 0) is 6.54 Å².